The summed E-state index contributed by atoms with van der Waals surface area (Å²) in [6.45, 7) is 3.12. The van der Waals surface area contributed by atoms with Gasteiger partial charge in [0.1, 0.15) is 0 Å². The first-order chi connectivity index (χ1) is 3.77. The van der Waals surface area contributed by atoms with E-state index in [2.05, 4.69) is 30.2 Å². The highest BCUT2D eigenvalue weighted by molar-refractivity contribution is 7.79. The van der Waals surface area contributed by atoms with Crippen LogP contribution in [0.15, 0.2) is 0 Å². The zero-order valence-corrected chi connectivity index (χ0v) is 6.05. The van der Waals surface area contributed by atoms with Gasteiger partial charge in [-0.3, -0.25) is 0 Å². The zero-order chi connectivity index (χ0) is 6.41. The van der Waals surface area contributed by atoms with E-state index >= 15 is 0 Å². The molecule has 3 heteroatoms. The minimum atomic E-state index is 0.651. The minimum absolute atomic E-state index is 0.651. The van der Waals surface area contributed by atoms with Crippen molar-refractivity contribution in [3.63, 3.8) is 0 Å². The van der Waals surface area contributed by atoms with Gasteiger partial charge in [0.15, 0.2) is 0 Å². The highest BCUT2D eigenvalue weighted by Gasteiger charge is 1.86. The van der Waals surface area contributed by atoms with Crippen LogP contribution in [-0.2, 0) is 0 Å². The molecule has 0 aliphatic carbocycles. The Kier molecular flexibility index (Phi) is 4.90. The molecule has 0 aromatic heterocycles. The maximum absolute atomic E-state index is 4.69. The fraction of sp³-hybridized carbons (Fsp3) is 0.800. The molecule has 2 nitrogen and oxygen atoms in total. The lowest BCUT2D eigenvalue weighted by molar-refractivity contribution is -0.215. The van der Waals surface area contributed by atoms with E-state index in [4.69, 9.17) is 0 Å². The molecule has 8 heavy (non-hydrogen) atoms. The number of quaternary nitrogens is 1. The van der Waals surface area contributed by atoms with Crippen molar-refractivity contribution in [1.82, 2.24) is 5.32 Å². The number of hydrogen-bond donors (Lipinski definition) is 2. The SMILES string of the molecule is CCCCNC([NH3+])=S. The van der Waals surface area contributed by atoms with E-state index in [1.165, 1.54) is 12.8 Å². The number of nitrogens with one attached hydrogen (secondary N) is 1. The van der Waals surface area contributed by atoms with Crippen molar-refractivity contribution in [3.8, 4) is 0 Å². The molecule has 0 atom stereocenters. The quantitative estimate of drug-likeness (QED) is 0.417. The van der Waals surface area contributed by atoms with E-state index in [1.54, 1.807) is 0 Å². The van der Waals surface area contributed by atoms with Crippen LogP contribution in [0, 0.1) is 0 Å². The topological polar surface area (TPSA) is 39.7 Å². The third-order valence-corrected chi connectivity index (χ3v) is 0.997. The molecule has 4 N–H and O–H groups in total. The molecule has 0 saturated carbocycles. The molecule has 0 aromatic rings. The Balaban J connectivity index is 2.82. The summed E-state index contributed by atoms with van der Waals surface area (Å²) < 4.78 is 0. The summed E-state index contributed by atoms with van der Waals surface area (Å²) >= 11 is 4.69. The molecular weight excluding hydrogens is 120 g/mol. The number of thiocarbonyl (C=S) groups is 1. The number of unbranched alkanes of at least 4 members (excludes halogenated alkanes) is 1. The van der Waals surface area contributed by atoms with Crippen LogP contribution in [-0.4, -0.2) is 11.7 Å². The van der Waals surface area contributed by atoms with Gasteiger partial charge in [-0.25, -0.2) is 0 Å². The third-order valence-electron chi connectivity index (χ3n) is 0.852. The van der Waals surface area contributed by atoms with Crippen LogP contribution in [0.2, 0.25) is 0 Å². The molecule has 0 aliphatic heterocycles. The highest BCUT2D eigenvalue weighted by atomic mass is 32.1. The Morgan fingerprint density at radius 2 is 2.38 bits per heavy atom. The van der Waals surface area contributed by atoms with Gasteiger partial charge < -0.3 is 11.1 Å². The molecule has 0 rings (SSSR count). The van der Waals surface area contributed by atoms with E-state index in [-0.39, 0.29) is 0 Å². The van der Waals surface area contributed by atoms with Crippen LogP contribution >= 0.6 is 12.2 Å². The predicted molar refractivity (Wildman–Crippen MR) is 38.4 cm³/mol. The summed E-state index contributed by atoms with van der Waals surface area (Å²) in [4.78, 5) is 0. The van der Waals surface area contributed by atoms with Crippen molar-refractivity contribution in [2.24, 2.45) is 0 Å². The molecule has 0 radical (unpaired) electrons. The minimum Gasteiger partial charge on any atom is -0.332 e. The first-order valence-corrected chi connectivity index (χ1v) is 3.28. The number of rotatable bonds is 3. The smallest absolute Gasteiger partial charge is 0.264 e. The molecule has 0 aliphatic rings. The Morgan fingerprint density at radius 1 is 1.75 bits per heavy atom. The van der Waals surface area contributed by atoms with Gasteiger partial charge in [-0.2, -0.15) is 0 Å². The Hall–Kier alpha value is -0.150. The van der Waals surface area contributed by atoms with Crippen molar-refractivity contribution in [2.45, 2.75) is 19.8 Å². The summed E-state index contributed by atoms with van der Waals surface area (Å²) in [5.41, 5.74) is 3.53. The summed E-state index contributed by atoms with van der Waals surface area (Å²) in [6, 6.07) is 0. The van der Waals surface area contributed by atoms with Gasteiger partial charge in [0, 0.05) is 18.8 Å². The lowest BCUT2D eigenvalue weighted by Gasteiger charge is -1.95. The Bertz CT molecular complexity index is 72.8. The van der Waals surface area contributed by atoms with Crippen molar-refractivity contribution in [1.29, 1.82) is 0 Å². The average molecular weight is 133 g/mol. The Morgan fingerprint density at radius 3 is 2.75 bits per heavy atom. The Labute approximate surface area is 55.4 Å². The van der Waals surface area contributed by atoms with Gasteiger partial charge in [-0.05, 0) is 6.42 Å². The maximum atomic E-state index is 4.69. The van der Waals surface area contributed by atoms with Crippen molar-refractivity contribution < 1.29 is 5.73 Å². The van der Waals surface area contributed by atoms with Gasteiger partial charge in [0.25, 0.3) is 5.11 Å². The molecule has 0 spiro atoms. The second-order valence-electron chi connectivity index (χ2n) is 1.70. The van der Waals surface area contributed by atoms with E-state index < -0.39 is 0 Å². The monoisotopic (exact) mass is 133 g/mol. The predicted octanol–water partition coefficient (Wildman–Crippen LogP) is -0.0971. The molecular formula is C5H13N2S+. The molecule has 0 amide bonds. The molecule has 0 heterocycles. The lowest BCUT2D eigenvalue weighted by Crippen LogP contribution is -2.62. The van der Waals surface area contributed by atoms with Crippen molar-refractivity contribution >= 4 is 17.3 Å². The van der Waals surface area contributed by atoms with E-state index in [0.717, 1.165) is 6.54 Å². The van der Waals surface area contributed by atoms with Crippen molar-refractivity contribution in [2.75, 3.05) is 6.54 Å². The van der Waals surface area contributed by atoms with E-state index in [1.807, 2.05) is 0 Å². The number of hydrogen-bond acceptors (Lipinski definition) is 1. The zero-order valence-electron chi connectivity index (χ0n) is 5.24. The molecule has 0 bridgehead atoms. The summed E-state index contributed by atoms with van der Waals surface area (Å²) in [5.74, 6) is 0. The van der Waals surface area contributed by atoms with Crippen LogP contribution in [0.1, 0.15) is 19.8 Å². The largest absolute Gasteiger partial charge is 0.332 e. The summed E-state index contributed by atoms with van der Waals surface area (Å²) in [7, 11) is 0. The van der Waals surface area contributed by atoms with Gasteiger partial charge in [0.05, 0.1) is 0 Å². The van der Waals surface area contributed by atoms with Crippen molar-refractivity contribution in [3.05, 3.63) is 0 Å². The van der Waals surface area contributed by atoms with E-state index in [0.29, 0.717) is 5.11 Å². The first kappa shape index (κ1) is 7.85. The van der Waals surface area contributed by atoms with Gasteiger partial charge >= 0.3 is 0 Å². The van der Waals surface area contributed by atoms with Crippen LogP contribution in [0.3, 0.4) is 0 Å². The van der Waals surface area contributed by atoms with Gasteiger partial charge in [-0.1, -0.05) is 13.3 Å². The summed E-state index contributed by atoms with van der Waals surface area (Å²) in [6.07, 6.45) is 2.38. The van der Waals surface area contributed by atoms with Gasteiger partial charge in [-0.15, -0.1) is 0 Å². The van der Waals surface area contributed by atoms with E-state index in [9.17, 15) is 0 Å². The van der Waals surface area contributed by atoms with Crippen LogP contribution in [0.5, 0.6) is 0 Å². The third kappa shape index (κ3) is 5.85. The molecule has 48 valence electrons. The maximum Gasteiger partial charge on any atom is 0.264 e. The fourth-order valence-electron chi connectivity index (χ4n) is 0.405. The van der Waals surface area contributed by atoms with Gasteiger partial charge in [0.2, 0.25) is 0 Å². The molecule has 0 aromatic carbocycles. The molecule has 0 fully saturated rings. The first-order valence-electron chi connectivity index (χ1n) is 2.87. The highest BCUT2D eigenvalue weighted by Crippen LogP contribution is 1.80. The second-order valence-corrected chi connectivity index (χ2v) is 2.20. The standard InChI is InChI=1S/C5H12N2S/c1-2-3-4-7-5(6)8/h2-4H2,1H3,(H3,6,7,8)/p+1. The average Bonchev–Trinajstić information content (AvgIpc) is 1.66. The summed E-state index contributed by atoms with van der Waals surface area (Å²) in [5, 5.41) is 3.62. The fourth-order valence-corrected chi connectivity index (χ4v) is 0.507. The lowest BCUT2D eigenvalue weighted by atomic mass is 10.3. The van der Waals surface area contributed by atoms with Crippen LogP contribution in [0.25, 0.3) is 0 Å². The van der Waals surface area contributed by atoms with Crippen LogP contribution < -0.4 is 11.1 Å². The van der Waals surface area contributed by atoms with Crippen LogP contribution in [0.4, 0.5) is 0 Å². The second kappa shape index (κ2) is 5.00. The molecule has 0 unspecified atom stereocenters. The molecule has 0 saturated heterocycles. The normalized spacial score (nSPS) is 8.75.